The van der Waals surface area contributed by atoms with Crippen LogP contribution in [0.15, 0.2) is 12.1 Å². The van der Waals surface area contributed by atoms with Crippen LogP contribution in [0.1, 0.15) is 129 Å². The zero-order chi connectivity index (χ0) is 27.9. The summed E-state index contributed by atoms with van der Waals surface area (Å²) in [6.45, 7) is 4.90. The van der Waals surface area contributed by atoms with Crippen LogP contribution in [-0.4, -0.2) is 13.2 Å². The minimum Gasteiger partial charge on any atom is -0.491 e. The zero-order valence-electron chi connectivity index (χ0n) is 25.5. The predicted octanol–water partition coefficient (Wildman–Crippen LogP) is 10.8. The number of fused-ring (bicyclic) bond motifs is 1. The molecular weight excluding hydrogens is 502 g/mol. The Balaban J connectivity index is 0.978. The highest BCUT2D eigenvalue weighted by atomic mass is 19.2. The van der Waals surface area contributed by atoms with Gasteiger partial charge in [-0.15, -0.1) is 0 Å². The van der Waals surface area contributed by atoms with Gasteiger partial charge in [0.05, 0.1) is 13.2 Å². The first-order valence-electron chi connectivity index (χ1n) is 17.3. The Hall–Kier alpha value is -1.32. The van der Waals surface area contributed by atoms with Gasteiger partial charge in [0.25, 0.3) is 0 Å². The molecular formula is C36H56F2O2. The molecule has 0 N–H and O–H groups in total. The van der Waals surface area contributed by atoms with Crippen LogP contribution in [-0.2, 0) is 0 Å². The molecule has 5 rings (SSSR count). The molecule has 0 saturated heterocycles. The molecule has 0 aliphatic heterocycles. The molecule has 1 aromatic rings. The van der Waals surface area contributed by atoms with Gasteiger partial charge in [-0.1, -0.05) is 64.7 Å². The van der Waals surface area contributed by atoms with Crippen LogP contribution in [0, 0.1) is 59.0 Å². The van der Waals surface area contributed by atoms with Crippen LogP contribution in [0.4, 0.5) is 8.78 Å². The Morgan fingerprint density at radius 1 is 0.550 bits per heavy atom. The summed E-state index contributed by atoms with van der Waals surface area (Å²) in [5.74, 6) is 5.26. The minimum atomic E-state index is -0.945. The third-order valence-corrected chi connectivity index (χ3v) is 11.7. The summed E-state index contributed by atoms with van der Waals surface area (Å²) in [6.07, 6.45) is 25.6. The summed E-state index contributed by atoms with van der Waals surface area (Å²) in [7, 11) is 0. The van der Waals surface area contributed by atoms with Crippen molar-refractivity contribution in [1.82, 2.24) is 0 Å². The molecule has 0 spiro atoms. The second-order valence-electron chi connectivity index (χ2n) is 14.2. The normalized spacial score (nSPS) is 34.7. The lowest BCUT2D eigenvalue weighted by Crippen LogP contribution is -2.33. The highest BCUT2D eigenvalue weighted by molar-refractivity contribution is 5.35. The summed E-state index contributed by atoms with van der Waals surface area (Å²) in [4.78, 5) is 0. The fraction of sp³-hybridized carbons (Fsp3) is 0.833. The highest BCUT2D eigenvalue weighted by Gasteiger charge is 2.36. The Morgan fingerprint density at radius 2 is 1.00 bits per heavy atom. The van der Waals surface area contributed by atoms with Gasteiger partial charge < -0.3 is 9.47 Å². The maximum Gasteiger partial charge on any atom is 0.204 e. The topological polar surface area (TPSA) is 18.5 Å². The van der Waals surface area contributed by atoms with E-state index < -0.39 is 11.6 Å². The van der Waals surface area contributed by atoms with Crippen LogP contribution in [0.25, 0.3) is 0 Å². The molecule has 0 heterocycles. The van der Waals surface area contributed by atoms with Crippen LogP contribution < -0.4 is 9.47 Å². The maximum absolute atomic E-state index is 14.4. The molecule has 0 amide bonds. The zero-order valence-corrected chi connectivity index (χ0v) is 25.5. The number of ether oxygens (including phenoxy) is 2. The summed E-state index contributed by atoms with van der Waals surface area (Å²) in [5, 5.41) is 0. The molecule has 4 fully saturated rings. The van der Waals surface area contributed by atoms with Crippen molar-refractivity contribution in [2.24, 2.45) is 47.3 Å². The fourth-order valence-electron chi connectivity index (χ4n) is 9.37. The minimum absolute atomic E-state index is 0.0140. The molecule has 4 saturated carbocycles. The molecule has 4 aliphatic rings. The first-order valence-corrected chi connectivity index (χ1v) is 17.3. The number of rotatable bonds is 11. The second-order valence-corrected chi connectivity index (χ2v) is 14.2. The van der Waals surface area contributed by atoms with E-state index in [1.165, 1.54) is 121 Å². The monoisotopic (exact) mass is 558 g/mol. The highest BCUT2D eigenvalue weighted by Crippen LogP contribution is 2.47. The average Bonchev–Trinajstić information content (AvgIpc) is 2.99. The van der Waals surface area contributed by atoms with E-state index in [-0.39, 0.29) is 11.5 Å². The third-order valence-electron chi connectivity index (χ3n) is 11.7. The Bertz CT molecular complexity index is 902. The third kappa shape index (κ3) is 7.74. The molecule has 0 aromatic heterocycles. The van der Waals surface area contributed by atoms with Gasteiger partial charge >= 0.3 is 0 Å². The predicted molar refractivity (Wildman–Crippen MR) is 160 cm³/mol. The van der Waals surface area contributed by atoms with E-state index in [2.05, 4.69) is 6.92 Å². The van der Waals surface area contributed by atoms with Crippen LogP contribution in [0.5, 0.6) is 11.5 Å². The van der Waals surface area contributed by atoms with Crippen LogP contribution >= 0.6 is 0 Å². The summed E-state index contributed by atoms with van der Waals surface area (Å²) in [6, 6.07) is 2.98. The Morgan fingerprint density at radius 3 is 1.57 bits per heavy atom. The lowest BCUT2D eigenvalue weighted by Gasteiger charge is -2.42. The van der Waals surface area contributed by atoms with E-state index in [9.17, 15) is 8.78 Å². The number of hydrogen-bond acceptors (Lipinski definition) is 2. The van der Waals surface area contributed by atoms with Crippen molar-refractivity contribution in [3.63, 3.8) is 0 Å². The van der Waals surface area contributed by atoms with Gasteiger partial charge in [0.15, 0.2) is 11.5 Å². The van der Waals surface area contributed by atoms with E-state index in [1.54, 1.807) is 6.92 Å². The van der Waals surface area contributed by atoms with Gasteiger partial charge in [0.1, 0.15) is 0 Å². The standard InChI is InChI=1S/C36H56F2O2/c1-3-5-25-8-14-29(15-9-25)30-16-10-26(11-17-30)6-7-27-12-18-32-23-28(13-19-31(32)22-27)24-40-34-21-20-33(39-4-2)35(37)36(34)38/h20-21,25-32H,3-19,22-24H2,1-2H3. The lowest BCUT2D eigenvalue weighted by atomic mass is 9.63. The quantitative estimate of drug-likeness (QED) is 0.269. The molecule has 4 aliphatic carbocycles. The van der Waals surface area contributed by atoms with Crippen molar-refractivity contribution in [2.75, 3.05) is 13.2 Å². The molecule has 4 heteroatoms. The number of benzene rings is 1. The van der Waals surface area contributed by atoms with E-state index in [0.29, 0.717) is 19.1 Å². The maximum atomic E-state index is 14.4. The number of halogens is 2. The van der Waals surface area contributed by atoms with Crippen molar-refractivity contribution < 1.29 is 18.3 Å². The van der Waals surface area contributed by atoms with Gasteiger partial charge in [0, 0.05) is 0 Å². The lowest BCUT2D eigenvalue weighted by molar-refractivity contribution is 0.0704. The fourth-order valence-corrected chi connectivity index (χ4v) is 9.37. The van der Waals surface area contributed by atoms with E-state index in [0.717, 1.165) is 47.8 Å². The van der Waals surface area contributed by atoms with Gasteiger partial charge in [-0.05, 0) is 124 Å². The van der Waals surface area contributed by atoms with Crippen molar-refractivity contribution in [3.05, 3.63) is 23.8 Å². The van der Waals surface area contributed by atoms with Gasteiger partial charge in [-0.2, -0.15) is 8.78 Å². The van der Waals surface area contributed by atoms with Gasteiger partial charge in [0.2, 0.25) is 11.6 Å². The van der Waals surface area contributed by atoms with E-state index in [4.69, 9.17) is 9.47 Å². The second kappa shape index (κ2) is 14.7. The van der Waals surface area contributed by atoms with Crippen molar-refractivity contribution >= 4 is 0 Å². The Kier molecular flexibility index (Phi) is 11.1. The molecule has 1 aromatic carbocycles. The van der Waals surface area contributed by atoms with Crippen molar-refractivity contribution in [3.8, 4) is 11.5 Å². The number of hydrogen-bond donors (Lipinski definition) is 0. The molecule has 4 unspecified atom stereocenters. The average molecular weight is 559 g/mol. The van der Waals surface area contributed by atoms with Crippen molar-refractivity contribution in [1.29, 1.82) is 0 Å². The SMILES string of the molecule is CCCC1CCC(C2CCC(CCC3CCC4CC(COc5ccc(OCC)c(F)c5F)CCC4C3)CC2)CC1. The smallest absolute Gasteiger partial charge is 0.204 e. The molecule has 40 heavy (non-hydrogen) atoms. The summed E-state index contributed by atoms with van der Waals surface area (Å²) >= 11 is 0. The van der Waals surface area contributed by atoms with Crippen LogP contribution in [0.3, 0.4) is 0 Å². The van der Waals surface area contributed by atoms with Gasteiger partial charge in [-0.25, -0.2) is 0 Å². The first-order chi connectivity index (χ1) is 19.5. The molecule has 2 nitrogen and oxygen atoms in total. The molecule has 0 bridgehead atoms. The first kappa shape index (κ1) is 30.1. The van der Waals surface area contributed by atoms with E-state index >= 15 is 0 Å². The van der Waals surface area contributed by atoms with Crippen molar-refractivity contribution in [2.45, 2.75) is 129 Å². The molecule has 0 radical (unpaired) electrons. The summed E-state index contributed by atoms with van der Waals surface area (Å²) < 4.78 is 39.6. The van der Waals surface area contributed by atoms with Crippen LogP contribution in [0.2, 0.25) is 0 Å². The van der Waals surface area contributed by atoms with Gasteiger partial charge in [-0.3, -0.25) is 0 Å². The Labute approximate surface area is 243 Å². The largest absolute Gasteiger partial charge is 0.491 e. The van der Waals surface area contributed by atoms with E-state index in [1.807, 2.05) is 0 Å². The molecule has 226 valence electrons. The molecule has 4 atom stereocenters. The summed E-state index contributed by atoms with van der Waals surface area (Å²) in [5.41, 5.74) is 0.